The minimum Gasteiger partial charge on any atom is -0.306 e. The van der Waals surface area contributed by atoms with Crippen LogP contribution >= 0.6 is 27.7 Å². The van der Waals surface area contributed by atoms with Crippen molar-refractivity contribution in [3.05, 3.63) is 40.6 Å². The van der Waals surface area contributed by atoms with Crippen molar-refractivity contribution >= 4 is 27.7 Å². The Kier molecular flexibility index (Phi) is 5.52. The van der Waals surface area contributed by atoms with Gasteiger partial charge >= 0.3 is 0 Å². The highest BCUT2D eigenvalue weighted by Gasteiger charge is 2.08. The van der Waals surface area contributed by atoms with E-state index in [0.29, 0.717) is 11.4 Å². The van der Waals surface area contributed by atoms with Crippen LogP contribution in [0.3, 0.4) is 0 Å². The molecule has 16 heavy (non-hydrogen) atoms. The van der Waals surface area contributed by atoms with Gasteiger partial charge in [-0.2, -0.15) is 0 Å². The summed E-state index contributed by atoms with van der Waals surface area (Å²) in [5.41, 5.74) is 0.948. The van der Waals surface area contributed by atoms with Crippen molar-refractivity contribution in [2.75, 3.05) is 12.8 Å². The first-order valence-corrected chi connectivity index (χ1v) is 6.96. The molecule has 0 aromatic heterocycles. The topological polar surface area (TPSA) is 12.0 Å². The molecule has 1 aromatic carbocycles. The predicted molar refractivity (Wildman–Crippen MR) is 72.7 cm³/mol. The molecule has 1 unspecified atom stereocenters. The standard InChI is InChI=1S/C12H15BrFNS/c1-8(13)7-15-9(2)10-4-5-12(16-3)11(14)6-10/h4-6,9,15H,1,7H2,2-3H3. The second-order valence-corrected chi connectivity index (χ2v) is 5.48. The minimum absolute atomic E-state index is 0.111. The van der Waals surface area contributed by atoms with Crippen LogP contribution in [0.25, 0.3) is 0 Å². The van der Waals surface area contributed by atoms with Crippen molar-refractivity contribution < 1.29 is 4.39 Å². The lowest BCUT2D eigenvalue weighted by Crippen LogP contribution is -2.19. The van der Waals surface area contributed by atoms with Crippen LogP contribution < -0.4 is 5.32 Å². The zero-order chi connectivity index (χ0) is 12.1. The van der Waals surface area contributed by atoms with E-state index in [9.17, 15) is 4.39 Å². The number of halogens is 2. The van der Waals surface area contributed by atoms with Gasteiger partial charge in [-0.3, -0.25) is 0 Å². The van der Waals surface area contributed by atoms with E-state index in [1.54, 1.807) is 6.07 Å². The molecule has 0 fully saturated rings. The SMILES string of the molecule is C=C(Br)CNC(C)c1ccc(SC)c(F)c1. The first-order valence-electron chi connectivity index (χ1n) is 4.94. The summed E-state index contributed by atoms with van der Waals surface area (Å²) in [6, 6.07) is 5.46. The van der Waals surface area contributed by atoms with Crippen molar-refractivity contribution in [1.29, 1.82) is 0 Å². The average molecular weight is 304 g/mol. The van der Waals surface area contributed by atoms with E-state index in [1.165, 1.54) is 11.8 Å². The minimum atomic E-state index is -0.156. The summed E-state index contributed by atoms with van der Waals surface area (Å²) in [5, 5.41) is 3.24. The maximum atomic E-state index is 13.5. The van der Waals surface area contributed by atoms with Crippen LogP contribution in [0.4, 0.5) is 4.39 Å². The summed E-state index contributed by atoms with van der Waals surface area (Å²) in [4.78, 5) is 0.681. The van der Waals surface area contributed by atoms with E-state index in [4.69, 9.17) is 0 Å². The van der Waals surface area contributed by atoms with Gasteiger partial charge in [0.2, 0.25) is 0 Å². The molecule has 0 aliphatic carbocycles. The lowest BCUT2D eigenvalue weighted by atomic mass is 10.1. The molecule has 88 valence electrons. The average Bonchev–Trinajstić information content (AvgIpc) is 2.25. The Labute approximate surface area is 109 Å². The van der Waals surface area contributed by atoms with Gasteiger partial charge in [0, 0.05) is 22.0 Å². The number of thioether (sulfide) groups is 1. The molecule has 1 atom stereocenters. The van der Waals surface area contributed by atoms with Gasteiger partial charge in [-0.15, -0.1) is 11.8 Å². The molecular weight excluding hydrogens is 289 g/mol. The molecule has 0 radical (unpaired) electrons. The fourth-order valence-electron chi connectivity index (χ4n) is 1.33. The molecule has 0 amide bonds. The maximum Gasteiger partial charge on any atom is 0.137 e. The molecule has 1 nitrogen and oxygen atoms in total. The molecule has 1 rings (SSSR count). The van der Waals surface area contributed by atoms with Gasteiger partial charge in [-0.1, -0.05) is 28.6 Å². The van der Waals surface area contributed by atoms with Crippen molar-refractivity contribution in [3.63, 3.8) is 0 Å². The smallest absolute Gasteiger partial charge is 0.137 e. The number of hydrogen-bond acceptors (Lipinski definition) is 2. The predicted octanol–water partition coefficient (Wildman–Crippen LogP) is 4.11. The monoisotopic (exact) mass is 303 g/mol. The van der Waals surface area contributed by atoms with Crippen molar-refractivity contribution in [3.8, 4) is 0 Å². The lowest BCUT2D eigenvalue weighted by Gasteiger charge is -2.14. The molecule has 0 aliphatic heterocycles. The molecule has 0 bridgehead atoms. The van der Waals surface area contributed by atoms with Crippen LogP contribution in [0.15, 0.2) is 34.2 Å². The molecule has 0 spiro atoms. The van der Waals surface area contributed by atoms with Crippen LogP contribution in [0.2, 0.25) is 0 Å². The molecule has 1 aromatic rings. The van der Waals surface area contributed by atoms with Gasteiger partial charge in [0.25, 0.3) is 0 Å². The van der Waals surface area contributed by atoms with Gasteiger partial charge in [0.15, 0.2) is 0 Å². The van der Waals surface area contributed by atoms with Gasteiger partial charge in [0.1, 0.15) is 5.82 Å². The number of hydrogen-bond donors (Lipinski definition) is 1. The highest BCUT2D eigenvalue weighted by molar-refractivity contribution is 9.11. The summed E-state index contributed by atoms with van der Waals surface area (Å²) >= 11 is 4.70. The fraction of sp³-hybridized carbons (Fsp3) is 0.333. The van der Waals surface area contributed by atoms with Crippen LogP contribution in [-0.4, -0.2) is 12.8 Å². The van der Waals surface area contributed by atoms with E-state index in [-0.39, 0.29) is 11.9 Å². The Morgan fingerprint density at radius 2 is 2.31 bits per heavy atom. The quantitative estimate of drug-likeness (QED) is 0.822. The Morgan fingerprint density at radius 3 is 2.81 bits per heavy atom. The second kappa shape index (κ2) is 6.42. The Hall–Kier alpha value is -0.320. The zero-order valence-electron chi connectivity index (χ0n) is 9.39. The largest absolute Gasteiger partial charge is 0.306 e. The van der Waals surface area contributed by atoms with E-state index in [1.807, 2.05) is 25.3 Å². The molecular formula is C12H15BrFNS. The third kappa shape index (κ3) is 3.92. The summed E-state index contributed by atoms with van der Waals surface area (Å²) < 4.78 is 14.4. The molecule has 0 saturated heterocycles. The third-order valence-corrected chi connectivity index (χ3v) is 3.33. The summed E-state index contributed by atoms with van der Waals surface area (Å²) in [6.45, 7) is 6.42. The Balaban J connectivity index is 2.72. The fourth-order valence-corrected chi connectivity index (χ4v) is 1.95. The number of benzene rings is 1. The van der Waals surface area contributed by atoms with Gasteiger partial charge in [-0.05, 0) is 30.9 Å². The highest BCUT2D eigenvalue weighted by atomic mass is 79.9. The second-order valence-electron chi connectivity index (χ2n) is 3.51. The molecule has 1 N–H and O–H groups in total. The number of nitrogens with one attached hydrogen (secondary N) is 1. The van der Waals surface area contributed by atoms with Gasteiger partial charge in [0.05, 0.1) is 0 Å². The summed E-state index contributed by atoms with van der Waals surface area (Å²) in [5.74, 6) is -0.156. The first-order chi connectivity index (χ1) is 7.54. The highest BCUT2D eigenvalue weighted by Crippen LogP contribution is 2.23. The molecule has 4 heteroatoms. The van der Waals surface area contributed by atoms with Crippen LogP contribution in [-0.2, 0) is 0 Å². The van der Waals surface area contributed by atoms with E-state index >= 15 is 0 Å². The molecule has 0 saturated carbocycles. The Morgan fingerprint density at radius 1 is 1.62 bits per heavy atom. The maximum absolute atomic E-state index is 13.5. The number of rotatable bonds is 5. The lowest BCUT2D eigenvalue weighted by molar-refractivity contribution is 0.579. The Bertz CT molecular complexity index is 381. The summed E-state index contributed by atoms with van der Waals surface area (Å²) in [7, 11) is 0. The van der Waals surface area contributed by atoms with Crippen molar-refractivity contribution in [2.24, 2.45) is 0 Å². The molecule has 0 aliphatic rings. The van der Waals surface area contributed by atoms with E-state index in [2.05, 4.69) is 27.8 Å². The first kappa shape index (κ1) is 13.7. The van der Waals surface area contributed by atoms with E-state index < -0.39 is 0 Å². The van der Waals surface area contributed by atoms with Crippen LogP contribution in [0.1, 0.15) is 18.5 Å². The normalized spacial score (nSPS) is 12.5. The third-order valence-electron chi connectivity index (χ3n) is 2.28. The van der Waals surface area contributed by atoms with Gasteiger partial charge < -0.3 is 5.32 Å². The van der Waals surface area contributed by atoms with Gasteiger partial charge in [-0.25, -0.2) is 4.39 Å². The summed E-state index contributed by atoms with van der Waals surface area (Å²) in [6.07, 6.45) is 1.87. The van der Waals surface area contributed by atoms with E-state index in [0.717, 1.165) is 10.0 Å². The van der Waals surface area contributed by atoms with Crippen LogP contribution in [0.5, 0.6) is 0 Å². The van der Waals surface area contributed by atoms with Crippen molar-refractivity contribution in [2.45, 2.75) is 17.9 Å². The van der Waals surface area contributed by atoms with Crippen molar-refractivity contribution in [1.82, 2.24) is 5.32 Å². The van der Waals surface area contributed by atoms with Crippen LogP contribution in [0, 0.1) is 5.82 Å². The zero-order valence-corrected chi connectivity index (χ0v) is 11.8. The molecule has 0 heterocycles.